The molecule has 0 aliphatic carbocycles. The van der Waals surface area contributed by atoms with Crippen LogP contribution in [0.1, 0.15) is 5.56 Å². The third-order valence-corrected chi connectivity index (χ3v) is 7.93. The molecule has 1 aliphatic heterocycles. The van der Waals surface area contributed by atoms with Gasteiger partial charge < -0.3 is 4.90 Å². The number of carbonyl (C=O) groups is 1. The van der Waals surface area contributed by atoms with Gasteiger partial charge in [0.25, 0.3) is 0 Å². The number of piperazine rings is 1. The van der Waals surface area contributed by atoms with Crippen molar-refractivity contribution in [1.29, 1.82) is 0 Å². The average Bonchev–Trinajstić information content (AvgIpc) is 3.26. The maximum Gasteiger partial charge on any atom is 0.243 e. The molecule has 1 aliphatic rings. The molecule has 3 aromatic rings. The summed E-state index contributed by atoms with van der Waals surface area (Å²) in [5.74, 6) is -0.606. The van der Waals surface area contributed by atoms with E-state index in [2.05, 4.69) is 15.5 Å². The summed E-state index contributed by atoms with van der Waals surface area (Å²) in [4.78, 5) is 14.2. The van der Waals surface area contributed by atoms with Gasteiger partial charge in [0.1, 0.15) is 5.82 Å². The molecule has 0 bridgehead atoms. The first kappa shape index (κ1) is 22.4. The number of amides is 1. The fourth-order valence-electron chi connectivity index (χ4n) is 3.39. The third kappa shape index (κ3) is 4.66. The van der Waals surface area contributed by atoms with Crippen molar-refractivity contribution in [2.24, 2.45) is 0 Å². The predicted molar refractivity (Wildman–Crippen MR) is 116 cm³/mol. The SMILES string of the molecule is Cc1ccccc1-n1nnnc1SCC(=O)N1CCN(S(=O)(=O)c2cccc(F)c2)CC1. The Bertz CT molecular complexity index is 1230. The molecule has 2 heterocycles. The molecule has 0 unspecified atom stereocenters. The lowest BCUT2D eigenvalue weighted by Gasteiger charge is -2.34. The molecule has 9 nitrogen and oxygen atoms in total. The normalized spacial score (nSPS) is 15.1. The smallest absolute Gasteiger partial charge is 0.243 e. The fourth-order valence-corrected chi connectivity index (χ4v) is 5.63. The molecule has 0 radical (unpaired) electrons. The zero-order chi connectivity index (χ0) is 22.7. The van der Waals surface area contributed by atoms with E-state index in [0.717, 1.165) is 17.3 Å². The summed E-state index contributed by atoms with van der Waals surface area (Å²) in [5, 5.41) is 12.3. The molecule has 2 aromatic carbocycles. The number of para-hydroxylation sites is 1. The summed E-state index contributed by atoms with van der Waals surface area (Å²) in [5.41, 5.74) is 1.84. The second kappa shape index (κ2) is 9.35. The average molecular weight is 477 g/mol. The third-order valence-electron chi connectivity index (χ3n) is 5.13. The first-order chi connectivity index (χ1) is 15.4. The fraction of sp³-hybridized carbons (Fsp3) is 0.300. The van der Waals surface area contributed by atoms with Gasteiger partial charge >= 0.3 is 0 Å². The largest absolute Gasteiger partial charge is 0.339 e. The van der Waals surface area contributed by atoms with E-state index in [4.69, 9.17) is 0 Å². The van der Waals surface area contributed by atoms with E-state index < -0.39 is 15.8 Å². The summed E-state index contributed by atoms with van der Waals surface area (Å²) < 4.78 is 41.8. The van der Waals surface area contributed by atoms with Crippen molar-refractivity contribution in [3.63, 3.8) is 0 Å². The summed E-state index contributed by atoms with van der Waals surface area (Å²) in [7, 11) is -3.80. The number of hydrogen-bond acceptors (Lipinski definition) is 7. The maximum atomic E-state index is 13.4. The monoisotopic (exact) mass is 476 g/mol. The molecule has 0 N–H and O–H groups in total. The number of aromatic nitrogens is 4. The number of thioether (sulfide) groups is 1. The van der Waals surface area contributed by atoms with Crippen LogP contribution in [-0.4, -0.2) is 75.7 Å². The Kier molecular flexibility index (Phi) is 6.53. The lowest BCUT2D eigenvalue weighted by atomic mass is 10.2. The van der Waals surface area contributed by atoms with Gasteiger partial charge in [-0.2, -0.15) is 8.99 Å². The Morgan fingerprint density at radius 3 is 2.56 bits per heavy atom. The summed E-state index contributed by atoms with van der Waals surface area (Å²) in [6.45, 7) is 2.77. The van der Waals surface area contributed by atoms with E-state index >= 15 is 0 Å². The van der Waals surface area contributed by atoms with Gasteiger partial charge in [0.2, 0.25) is 21.1 Å². The molecule has 4 rings (SSSR count). The molecule has 1 saturated heterocycles. The van der Waals surface area contributed by atoms with Gasteiger partial charge in [-0.3, -0.25) is 4.79 Å². The van der Waals surface area contributed by atoms with Crippen LogP contribution in [0.25, 0.3) is 5.69 Å². The van der Waals surface area contributed by atoms with Crippen molar-refractivity contribution < 1.29 is 17.6 Å². The Morgan fingerprint density at radius 2 is 1.84 bits per heavy atom. The molecule has 32 heavy (non-hydrogen) atoms. The molecule has 168 valence electrons. The molecular weight excluding hydrogens is 455 g/mol. The minimum absolute atomic E-state index is 0.0872. The number of hydrogen-bond donors (Lipinski definition) is 0. The van der Waals surface area contributed by atoms with E-state index in [-0.39, 0.29) is 42.7 Å². The van der Waals surface area contributed by atoms with Gasteiger partial charge in [-0.05, 0) is 47.2 Å². The lowest BCUT2D eigenvalue weighted by Crippen LogP contribution is -2.51. The second-order valence-corrected chi connectivity index (χ2v) is 10.1. The Morgan fingerprint density at radius 1 is 1.09 bits per heavy atom. The second-order valence-electron chi connectivity index (χ2n) is 7.19. The van der Waals surface area contributed by atoms with Gasteiger partial charge in [0, 0.05) is 26.2 Å². The molecular formula is C20H21FN6O3S2. The minimum atomic E-state index is -3.80. The summed E-state index contributed by atoms with van der Waals surface area (Å²) in [6, 6.07) is 12.6. The van der Waals surface area contributed by atoms with Crippen LogP contribution in [0, 0.1) is 12.7 Å². The van der Waals surface area contributed by atoms with Gasteiger partial charge in [-0.25, -0.2) is 12.8 Å². The molecule has 12 heteroatoms. The number of aryl methyl sites for hydroxylation is 1. The number of benzene rings is 2. The topological polar surface area (TPSA) is 101 Å². The molecule has 1 amide bonds. The van der Waals surface area contributed by atoms with E-state index in [1.807, 2.05) is 31.2 Å². The molecule has 1 aromatic heterocycles. The van der Waals surface area contributed by atoms with Crippen LogP contribution in [0.4, 0.5) is 4.39 Å². The van der Waals surface area contributed by atoms with Crippen LogP contribution in [0.5, 0.6) is 0 Å². The van der Waals surface area contributed by atoms with Crippen LogP contribution in [0.2, 0.25) is 0 Å². The van der Waals surface area contributed by atoms with E-state index in [1.165, 1.54) is 34.3 Å². The van der Waals surface area contributed by atoms with Crippen LogP contribution in [0.3, 0.4) is 0 Å². The first-order valence-electron chi connectivity index (χ1n) is 9.87. The van der Waals surface area contributed by atoms with Gasteiger partial charge in [-0.15, -0.1) is 5.10 Å². The lowest BCUT2D eigenvalue weighted by molar-refractivity contribution is -0.129. The zero-order valence-corrected chi connectivity index (χ0v) is 18.9. The van der Waals surface area contributed by atoms with Gasteiger partial charge in [0.15, 0.2) is 0 Å². The highest BCUT2D eigenvalue weighted by Crippen LogP contribution is 2.22. The summed E-state index contributed by atoms with van der Waals surface area (Å²) in [6.07, 6.45) is 0. The Hall–Kier alpha value is -2.83. The minimum Gasteiger partial charge on any atom is -0.339 e. The number of sulfonamides is 1. The highest BCUT2D eigenvalue weighted by Gasteiger charge is 2.30. The van der Waals surface area contributed by atoms with Crippen LogP contribution in [-0.2, 0) is 14.8 Å². The van der Waals surface area contributed by atoms with Gasteiger partial charge in [-0.1, -0.05) is 36.0 Å². The van der Waals surface area contributed by atoms with Crippen molar-refractivity contribution in [3.8, 4) is 5.69 Å². The van der Waals surface area contributed by atoms with E-state index in [1.54, 1.807) is 9.58 Å². The molecule has 0 atom stereocenters. The zero-order valence-electron chi connectivity index (χ0n) is 17.3. The molecule has 0 saturated carbocycles. The maximum absolute atomic E-state index is 13.4. The molecule has 0 spiro atoms. The van der Waals surface area contributed by atoms with Crippen molar-refractivity contribution in [3.05, 3.63) is 59.9 Å². The number of carbonyl (C=O) groups excluding carboxylic acids is 1. The first-order valence-corrected chi connectivity index (χ1v) is 12.3. The van der Waals surface area contributed by atoms with Crippen molar-refractivity contribution in [2.45, 2.75) is 17.0 Å². The van der Waals surface area contributed by atoms with E-state index in [0.29, 0.717) is 5.16 Å². The highest BCUT2D eigenvalue weighted by molar-refractivity contribution is 7.99. The van der Waals surface area contributed by atoms with Crippen molar-refractivity contribution >= 4 is 27.7 Å². The van der Waals surface area contributed by atoms with Crippen LogP contribution >= 0.6 is 11.8 Å². The quantitative estimate of drug-likeness (QED) is 0.500. The predicted octanol–water partition coefficient (Wildman–Crippen LogP) is 1.74. The standard InChI is InChI=1S/C20H21FN6O3S2/c1-15-5-2-3-8-18(15)27-20(22-23-24-27)31-14-19(28)25-9-11-26(12-10-25)32(29,30)17-7-4-6-16(21)13-17/h2-8,13H,9-12,14H2,1H3. The van der Waals surface area contributed by atoms with E-state index in [9.17, 15) is 17.6 Å². The number of tetrazole rings is 1. The number of nitrogens with zero attached hydrogens (tertiary/aromatic N) is 6. The Balaban J connectivity index is 1.35. The molecule has 1 fully saturated rings. The van der Waals surface area contributed by atoms with Crippen LogP contribution in [0.15, 0.2) is 58.6 Å². The van der Waals surface area contributed by atoms with Crippen molar-refractivity contribution in [2.75, 3.05) is 31.9 Å². The van der Waals surface area contributed by atoms with Gasteiger partial charge in [0.05, 0.1) is 16.3 Å². The Labute approximate surface area is 189 Å². The van der Waals surface area contributed by atoms with Crippen molar-refractivity contribution in [1.82, 2.24) is 29.4 Å². The highest BCUT2D eigenvalue weighted by atomic mass is 32.2. The number of halogens is 1. The van der Waals surface area contributed by atoms with Crippen LogP contribution < -0.4 is 0 Å². The number of rotatable bonds is 6. The summed E-state index contributed by atoms with van der Waals surface area (Å²) >= 11 is 1.23.